The van der Waals surface area contributed by atoms with Gasteiger partial charge < -0.3 is 9.05 Å². The maximum absolute atomic E-state index is 13.8. The van der Waals surface area contributed by atoms with Crippen molar-refractivity contribution in [1.82, 2.24) is 0 Å². The van der Waals surface area contributed by atoms with Gasteiger partial charge in [0.15, 0.2) is 0 Å². The third-order valence-electron chi connectivity index (χ3n) is 5.47. The summed E-state index contributed by atoms with van der Waals surface area (Å²) in [6.07, 6.45) is 8.92. The Kier molecular flexibility index (Phi) is 12.7. The molecule has 0 saturated heterocycles. The Balaban J connectivity index is 2.97. The molecule has 28 heavy (non-hydrogen) atoms. The lowest BCUT2D eigenvalue weighted by molar-refractivity contribution is 0.157. The topological polar surface area (TPSA) is 35.5 Å². The lowest BCUT2D eigenvalue weighted by Crippen LogP contribution is -2.19. The molecule has 0 aliphatic carbocycles. The standard InChI is InChI=1S/C23H41O3PS/c1-6-10-12-20(8-3)17-25-27(24,22-15-14-19(5)16-23(22)28)26-18-21(9-4)13-11-7-2/h14-16,20-21,28H,6-13,17-18H2,1-5H3. The quantitative estimate of drug-likeness (QED) is 0.231. The molecule has 0 bridgehead atoms. The van der Waals surface area contributed by atoms with Crippen LogP contribution in [-0.4, -0.2) is 13.2 Å². The van der Waals surface area contributed by atoms with E-state index in [1.165, 1.54) is 25.7 Å². The van der Waals surface area contributed by atoms with E-state index in [1.54, 1.807) is 0 Å². The van der Waals surface area contributed by atoms with Gasteiger partial charge in [-0.25, -0.2) is 0 Å². The number of aryl methyl sites for hydroxylation is 1. The van der Waals surface area contributed by atoms with E-state index in [0.29, 0.717) is 35.2 Å². The number of hydrogen-bond donors (Lipinski definition) is 1. The molecule has 0 saturated carbocycles. The minimum atomic E-state index is -3.40. The third-order valence-corrected chi connectivity index (χ3v) is 7.98. The number of rotatable bonds is 15. The third kappa shape index (κ3) is 8.61. The van der Waals surface area contributed by atoms with Gasteiger partial charge in [-0.2, -0.15) is 0 Å². The smallest absolute Gasteiger partial charge is 0.305 e. The van der Waals surface area contributed by atoms with E-state index in [0.717, 1.165) is 31.2 Å². The summed E-state index contributed by atoms with van der Waals surface area (Å²) in [5.74, 6) is 0.820. The molecule has 5 heteroatoms. The van der Waals surface area contributed by atoms with E-state index in [1.807, 2.05) is 25.1 Å². The highest BCUT2D eigenvalue weighted by Crippen LogP contribution is 2.50. The van der Waals surface area contributed by atoms with Gasteiger partial charge in [-0.3, -0.25) is 4.57 Å². The molecule has 1 aromatic carbocycles. The Labute approximate surface area is 178 Å². The van der Waals surface area contributed by atoms with Gasteiger partial charge in [-0.15, -0.1) is 12.6 Å². The second-order valence-corrected chi connectivity index (χ2v) is 10.4. The van der Waals surface area contributed by atoms with E-state index in [4.69, 9.17) is 9.05 Å². The Morgan fingerprint density at radius 1 is 0.929 bits per heavy atom. The van der Waals surface area contributed by atoms with Gasteiger partial charge in [-0.1, -0.05) is 72.3 Å². The lowest BCUT2D eigenvalue weighted by Gasteiger charge is -2.25. The highest BCUT2D eigenvalue weighted by atomic mass is 32.1. The molecular weight excluding hydrogens is 387 g/mol. The molecule has 0 fully saturated rings. The zero-order chi connectivity index (χ0) is 21.0. The molecule has 2 atom stereocenters. The summed E-state index contributed by atoms with van der Waals surface area (Å²) in [6, 6.07) is 5.75. The molecule has 0 aliphatic rings. The second-order valence-electron chi connectivity index (χ2n) is 7.91. The van der Waals surface area contributed by atoms with Crippen molar-refractivity contribution in [3.8, 4) is 0 Å². The van der Waals surface area contributed by atoms with Crippen LogP contribution in [0.15, 0.2) is 23.1 Å². The average molecular weight is 429 g/mol. The van der Waals surface area contributed by atoms with Gasteiger partial charge in [0.25, 0.3) is 0 Å². The van der Waals surface area contributed by atoms with Crippen LogP contribution in [0.4, 0.5) is 0 Å². The molecule has 0 amide bonds. The van der Waals surface area contributed by atoms with E-state index in [-0.39, 0.29) is 0 Å². The Morgan fingerprint density at radius 3 is 1.82 bits per heavy atom. The van der Waals surface area contributed by atoms with Crippen LogP contribution < -0.4 is 5.30 Å². The first-order chi connectivity index (χ1) is 13.4. The maximum atomic E-state index is 13.8. The molecule has 2 unspecified atom stereocenters. The number of unbranched alkanes of at least 4 members (excludes halogenated alkanes) is 2. The predicted molar refractivity (Wildman–Crippen MR) is 124 cm³/mol. The van der Waals surface area contributed by atoms with Crippen molar-refractivity contribution in [1.29, 1.82) is 0 Å². The van der Waals surface area contributed by atoms with Crippen LogP contribution in [0.2, 0.25) is 0 Å². The molecule has 0 N–H and O–H groups in total. The van der Waals surface area contributed by atoms with Crippen molar-refractivity contribution >= 4 is 25.5 Å². The predicted octanol–water partition coefficient (Wildman–Crippen LogP) is 7.57. The first-order valence-corrected chi connectivity index (χ1v) is 13.1. The molecular formula is C23H41O3PS. The summed E-state index contributed by atoms with van der Waals surface area (Å²) in [5, 5.41) is 0.595. The van der Waals surface area contributed by atoms with Gasteiger partial charge in [0, 0.05) is 4.90 Å². The van der Waals surface area contributed by atoms with Crippen molar-refractivity contribution < 1.29 is 13.6 Å². The highest BCUT2D eigenvalue weighted by Gasteiger charge is 2.31. The zero-order valence-electron chi connectivity index (χ0n) is 18.6. The van der Waals surface area contributed by atoms with E-state index < -0.39 is 7.60 Å². The summed E-state index contributed by atoms with van der Waals surface area (Å²) in [5.41, 5.74) is 1.09. The summed E-state index contributed by atoms with van der Waals surface area (Å²) >= 11 is 4.58. The van der Waals surface area contributed by atoms with Crippen molar-refractivity contribution in [2.45, 2.75) is 90.9 Å². The summed E-state index contributed by atoms with van der Waals surface area (Å²) in [7, 11) is -3.40. The molecule has 1 rings (SSSR count). The first-order valence-electron chi connectivity index (χ1n) is 11.1. The molecule has 3 nitrogen and oxygen atoms in total. The Hall–Kier alpha value is -0.280. The summed E-state index contributed by atoms with van der Waals surface area (Å²) < 4.78 is 26.0. The Bertz CT molecular complexity index is 582. The monoisotopic (exact) mass is 428 g/mol. The number of benzene rings is 1. The molecule has 0 heterocycles. The van der Waals surface area contributed by atoms with Crippen LogP contribution in [0.1, 0.15) is 84.6 Å². The van der Waals surface area contributed by atoms with E-state index >= 15 is 0 Å². The van der Waals surface area contributed by atoms with Gasteiger partial charge in [-0.05, 0) is 49.3 Å². The second kappa shape index (κ2) is 13.9. The highest BCUT2D eigenvalue weighted by molar-refractivity contribution is 7.81. The minimum absolute atomic E-state index is 0.410. The average Bonchev–Trinajstić information content (AvgIpc) is 2.68. The maximum Gasteiger partial charge on any atom is 0.362 e. The van der Waals surface area contributed by atoms with Crippen LogP contribution in [0.5, 0.6) is 0 Å². The molecule has 162 valence electrons. The molecule has 0 radical (unpaired) electrons. The van der Waals surface area contributed by atoms with E-state index in [9.17, 15) is 4.57 Å². The molecule has 1 aromatic rings. The Morgan fingerprint density at radius 2 is 1.43 bits per heavy atom. The largest absolute Gasteiger partial charge is 0.362 e. The van der Waals surface area contributed by atoms with Crippen LogP contribution in [0.25, 0.3) is 0 Å². The molecule has 0 aliphatic heterocycles. The fraction of sp³-hybridized carbons (Fsp3) is 0.739. The minimum Gasteiger partial charge on any atom is -0.305 e. The van der Waals surface area contributed by atoms with Crippen LogP contribution in [0, 0.1) is 18.8 Å². The number of hydrogen-bond acceptors (Lipinski definition) is 4. The van der Waals surface area contributed by atoms with Crippen LogP contribution >= 0.6 is 20.2 Å². The van der Waals surface area contributed by atoms with Gasteiger partial charge in [0.1, 0.15) is 0 Å². The van der Waals surface area contributed by atoms with Crippen molar-refractivity contribution in [2.24, 2.45) is 11.8 Å². The fourth-order valence-corrected chi connectivity index (χ4v) is 5.66. The SMILES string of the molecule is CCCCC(CC)COP(=O)(OCC(CC)CCCC)c1ccc(C)cc1S. The fourth-order valence-electron chi connectivity index (χ4n) is 3.24. The molecule has 0 spiro atoms. The van der Waals surface area contributed by atoms with Crippen molar-refractivity contribution in [2.75, 3.05) is 13.2 Å². The summed E-state index contributed by atoms with van der Waals surface area (Å²) in [4.78, 5) is 0.687. The number of thiol groups is 1. The van der Waals surface area contributed by atoms with Crippen LogP contribution in [0.3, 0.4) is 0 Å². The van der Waals surface area contributed by atoms with Gasteiger partial charge >= 0.3 is 7.60 Å². The summed E-state index contributed by atoms with van der Waals surface area (Å²) in [6.45, 7) is 11.7. The van der Waals surface area contributed by atoms with Gasteiger partial charge in [0.2, 0.25) is 0 Å². The van der Waals surface area contributed by atoms with Crippen LogP contribution in [-0.2, 0) is 13.6 Å². The normalized spacial score (nSPS) is 15.9. The molecule has 0 aromatic heterocycles. The lowest BCUT2D eigenvalue weighted by atomic mass is 10.0. The zero-order valence-corrected chi connectivity index (χ0v) is 20.4. The van der Waals surface area contributed by atoms with Crippen molar-refractivity contribution in [3.63, 3.8) is 0 Å². The van der Waals surface area contributed by atoms with E-state index in [2.05, 4.69) is 40.3 Å². The van der Waals surface area contributed by atoms with Crippen molar-refractivity contribution in [3.05, 3.63) is 23.8 Å². The van der Waals surface area contributed by atoms with Gasteiger partial charge in [0.05, 0.1) is 18.5 Å². The first kappa shape index (κ1) is 25.8.